The van der Waals surface area contributed by atoms with Crippen LogP contribution in [0, 0.1) is 0 Å². The molecule has 4 rings (SSSR count). The van der Waals surface area contributed by atoms with Gasteiger partial charge in [0.25, 0.3) is 0 Å². The molecule has 0 radical (unpaired) electrons. The second-order valence-corrected chi connectivity index (χ2v) is 7.26. The van der Waals surface area contributed by atoms with Crippen LogP contribution < -0.4 is 5.32 Å². The first kappa shape index (κ1) is 16.5. The van der Waals surface area contributed by atoms with Crippen molar-refractivity contribution in [2.24, 2.45) is 0 Å². The van der Waals surface area contributed by atoms with Crippen LogP contribution in [0.15, 0.2) is 6.20 Å². The molecule has 3 aliphatic rings. The molecule has 8 nitrogen and oxygen atoms in total. The van der Waals surface area contributed by atoms with Crippen molar-refractivity contribution >= 4 is 11.8 Å². The van der Waals surface area contributed by atoms with Crippen LogP contribution in [0.3, 0.4) is 0 Å². The Balaban J connectivity index is 1.29. The van der Waals surface area contributed by atoms with Gasteiger partial charge in [0, 0.05) is 32.0 Å². The maximum absolute atomic E-state index is 12.5. The maximum Gasteiger partial charge on any atom is 0.223 e. The predicted octanol–water partition coefficient (Wildman–Crippen LogP) is 0.789. The van der Waals surface area contributed by atoms with Crippen molar-refractivity contribution in [3.8, 4) is 0 Å². The molecule has 1 saturated heterocycles. The minimum absolute atomic E-state index is 0.00491. The van der Waals surface area contributed by atoms with Crippen LogP contribution in [0.25, 0.3) is 0 Å². The number of aromatic nitrogens is 3. The van der Waals surface area contributed by atoms with E-state index < -0.39 is 0 Å². The summed E-state index contributed by atoms with van der Waals surface area (Å²) >= 11 is 0. The van der Waals surface area contributed by atoms with Crippen LogP contribution in [0.2, 0.25) is 0 Å². The monoisotopic (exact) mass is 347 g/mol. The lowest BCUT2D eigenvalue weighted by Gasteiger charge is -2.41. The first-order chi connectivity index (χ1) is 12.2. The number of hydrogen-bond acceptors (Lipinski definition) is 5. The van der Waals surface area contributed by atoms with Gasteiger partial charge in [-0.3, -0.25) is 9.59 Å². The molecule has 2 aliphatic heterocycles. The Kier molecular flexibility index (Phi) is 4.70. The Morgan fingerprint density at radius 1 is 1.24 bits per heavy atom. The van der Waals surface area contributed by atoms with Crippen molar-refractivity contribution in [2.75, 3.05) is 13.1 Å². The van der Waals surface area contributed by atoms with Crippen LogP contribution in [-0.2, 0) is 20.9 Å². The lowest BCUT2D eigenvalue weighted by molar-refractivity contribution is -0.139. The van der Waals surface area contributed by atoms with Crippen LogP contribution in [0.1, 0.15) is 56.7 Å². The Morgan fingerprint density at radius 3 is 2.92 bits per heavy atom. The summed E-state index contributed by atoms with van der Waals surface area (Å²) in [6, 6.07) is 0.333. The first-order valence-corrected chi connectivity index (χ1v) is 9.28. The molecular formula is C17H25N5O3. The Bertz CT molecular complexity index is 640. The molecule has 8 heteroatoms. The standard InChI is InChI=1S/C17H25N5O3/c23-16(19-12-3-1-2-4-12)5-6-17(24)21-8-7-15-14(10-21)22-13(11-25-15)9-18-20-22/h9,12,14-15H,1-8,10-11H2,(H,19,23)/t14-,15-/m1/s1. The number of ether oxygens (including phenoxy) is 1. The van der Waals surface area contributed by atoms with Crippen molar-refractivity contribution < 1.29 is 14.3 Å². The predicted molar refractivity (Wildman–Crippen MR) is 88.5 cm³/mol. The summed E-state index contributed by atoms with van der Waals surface area (Å²) in [6.45, 7) is 1.78. The molecule has 3 heterocycles. The number of rotatable bonds is 4. The van der Waals surface area contributed by atoms with Gasteiger partial charge in [0.1, 0.15) is 0 Å². The van der Waals surface area contributed by atoms with E-state index in [0.717, 1.165) is 25.0 Å². The average molecular weight is 347 g/mol. The number of carbonyl (C=O) groups excluding carboxylic acids is 2. The summed E-state index contributed by atoms with van der Waals surface area (Å²) in [4.78, 5) is 26.4. The third-order valence-electron chi connectivity index (χ3n) is 5.57. The van der Waals surface area contributed by atoms with Crippen molar-refractivity contribution in [3.05, 3.63) is 11.9 Å². The highest BCUT2D eigenvalue weighted by atomic mass is 16.5. The number of nitrogens with zero attached hydrogens (tertiary/aromatic N) is 4. The Labute approximate surface area is 146 Å². The third kappa shape index (κ3) is 3.53. The fourth-order valence-corrected chi connectivity index (χ4v) is 4.15. The molecule has 0 spiro atoms. The molecule has 1 aromatic heterocycles. The van der Waals surface area contributed by atoms with E-state index in [-0.39, 0.29) is 36.8 Å². The van der Waals surface area contributed by atoms with Gasteiger partial charge in [0.05, 0.1) is 30.6 Å². The number of amides is 2. The molecule has 2 atom stereocenters. The smallest absolute Gasteiger partial charge is 0.223 e. The van der Waals surface area contributed by atoms with E-state index >= 15 is 0 Å². The van der Waals surface area contributed by atoms with E-state index in [9.17, 15) is 9.59 Å². The summed E-state index contributed by atoms with van der Waals surface area (Å²) in [5, 5.41) is 11.1. The molecule has 1 saturated carbocycles. The normalized spacial score (nSPS) is 26.2. The minimum atomic E-state index is -0.00491. The van der Waals surface area contributed by atoms with Crippen molar-refractivity contribution in [3.63, 3.8) is 0 Å². The zero-order valence-electron chi connectivity index (χ0n) is 14.4. The molecule has 25 heavy (non-hydrogen) atoms. The quantitative estimate of drug-likeness (QED) is 0.870. The van der Waals surface area contributed by atoms with E-state index in [4.69, 9.17) is 4.74 Å². The highest BCUT2D eigenvalue weighted by molar-refractivity contribution is 5.84. The fourth-order valence-electron chi connectivity index (χ4n) is 4.15. The minimum Gasteiger partial charge on any atom is -0.370 e. The van der Waals surface area contributed by atoms with Gasteiger partial charge in [0.15, 0.2) is 0 Å². The van der Waals surface area contributed by atoms with E-state index in [0.29, 0.717) is 25.7 Å². The molecule has 1 N–H and O–H groups in total. The number of nitrogens with one attached hydrogen (secondary N) is 1. The molecule has 1 aliphatic carbocycles. The number of piperidine rings is 1. The van der Waals surface area contributed by atoms with Crippen molar-refractivity contribution in [1.29, 1.82) is 0 Å². The molecule has 136 valence electrons. The second-order valence-electron chi connectivity index (χ2n) is 7.26. The molecule has 2 amide bonds. The lowest BCUT2D eigenvalue weighted by atomic mass is 10.00. The van der Waals surface area contributed by atoms with E-state index in [1.807, 2.05) is 9.58 Å². The fraction of sp³-hybridized carbons (Fsp3) is 0.765. The molecule has 2 fully saturated rings. The van der Waals surface area contributed by atoms with Crippen molar-refractivity contribution in [2.45, 2.75) is 69.7 Å². The second kappa shape index (κ2) is 7.11. The van der Waals surface area contributed by atoms with E-state index in [1.165, 1.54) is 12.8 Å². The van der Waals surface area contributed by atoms with Crippen LogP contribution in [0.5, 0.6) is 0 Å². The summed E-state index contributed by atoms with van der Waals surface area (Å²) in [6.07, 6.45) is 7.63. The Hall–Kier alpha value is -1.96. The average Bonchev–Trinajstić information content (AvgIpc) is 3.30. The van der Waals surface area contributed by atoms with Crippen LogP contribution in [0.4, 0.5) is 0 Å². The zero-order chi connectivity index (χ0) is 17.2. The summed E-state index contributed by atoms with van der Waals surface area (Å²) in [7, 11) is 0. The Morgan fingerprint density at radius 2 is 2.08 bits per heavy atom. The third-order valence-corrected chi connectivity index (χ3v) is 5.57. The van der Waals surface area contributed by atoms with Crippen molar-refractivity contribution in [1.82, 2.24) is 25.2 Å². The van der Waals surface area contributed by atoms with Gasteiger partial charge in [-0.25, -0.2) is 4.68 Å². The molecule has 1 aromatic rings. The van der Waals surface area contributed by atoms with Gasteiger partial charge >= 0.3 is 0 Å². The maximum atomic E-state index is 12.5. The largest absolute Gasteiger partial charge is 0.370 e. The topological polar surface area (TPSA) is 89.3 Å². The molecular weight excluding hydrogens is 322 g/mol. The lowest BCUT2D eigenvalue weighted by Crippen LogP contribution is -2.50. The highest BCUT2D eigenvalue weighted by Gasteiger charge is 2.37. The SMILES string of the molecule is O=C(CCC(=O)N1CC[C@H]2OCc3cnnn3[C@@H]2C1)NC1CCCC1. The molecule has 0 aromatic carbocycles. The van der Waals surface area contributed by atoms with Gasteiger partial charge in [-0.15, -0.1) is 5.10 Å². The van der Waals surface area contributed by atoms with Gasteiger partial charge in [-0.1, -0.05) is 18.1 Å². The van der Waals surface area contributed by atoms with E-state index in [2.05, 4.69) is 15.6 Å². The summed E-state index contributed by atoms with van der Waals surface area (Å²) < 4.78 is 7.75. The molecule has 0 unspecified atom stereocenters. The molecule has 0 bridgehead atoms. The zero-order valence-corrected chi connectivity index (χ0v) is 14.4. The van der Waals surface area contributed by atoms with Crippen LogP contribution in [-0.4, -0.2) is 56.9 Å². The number of carbonyl (C=O) groups is 2. The van der Waals surface area contributed by atoms with Crippen LogP contribution >= 0.6 is 0 Å². The first-order valence-electron chi connectivity index (χ1n) is 9.28. The number of fused-ring (bicyclic) bond motifs is 3. The van der Waals surface area contributed by atoms with E-state index in [1.54, 1.807) is 6.20 Å². The van der Waals surface area contributed by atoms with Gasteiger partial charge in [-0.05, 0) is 19.3 Å². The summed E-state index contributed by atoms with van der Waals surface area (Å²) in [5.74, 6) is 0.0296. The number of likely N-dealkylation sites (tertiary alicyclic amines) is 1. The number of hydrogen-bond donors (Lipinski definition) is 1. The van der Waals surface area contributed by atoms with Gasteiger partial charge < -0.3 is 15.0 Å². The van der Waals surface area contributed by atoms with Gasteiger partial charge in [0.2, 0.25) is 11.8 Å². The summed E-state index contributed by atoms with van der Waals surface area (Å²) in [5.41, 5.74) is 0.950. The highest BCUT2D eigenvalue weighted by Crippen LogP contribution is 2.30. The van der Waals surface area contributed by atoms with Gasteiger partial charge in [-0.2, -0.15) is 0 Å².